The van der Waals surface area contributed by atoms with Gasteiger partial charge in [-0.15, -0.1) is 0 Å². The van der Waals surface area contributed by atoms with Crippen LogP contribution in [0.15, 0.2) is 48.5 Å². The van der Waals surface area contributed by atoms with Crippen molar-refractivity contribution in [3.05, 3.63) is 58.6 Å². The number of nitro benzene ring substituents is 1. The number of para-hydroxylation sites is 4. The lowest BCUT2D eigenvalue weighted by molar-refractivity contribution is -0.383. The van der Waals surface area contributed by atoms with Crippen molar-refractivity contribution in [1.29, 1.82) is 0 Å². The van der Waals surface area contributed by atoms with Crippen molar-refractivity contribution in [1.82, 2.24) is 0 Å². The van der Waals surface area contributed by atoms with Crippen LogP contribution < -0.4 is 15.4 Å². The number of ether oxygens (including phenoxy) is 1. The average Bonchev–Trinajstić information content (AvgIpc) is 2.55. The molecule has 0 fully saturated rings. The fourth-order valence-electron chi connectivity index (χ4n) is 2.34. The second kappa shape index (κ2) is 6.37. The molecule has 1 unspecified atom stereocenters. The molecule has 24 heavy (non-hydrogen) atoms. The molecule has 2 aromatic rings. The van der Waals surface area contributed by atoms with Crippen LogP contribution in [-0.4, -0.2) is 22.8 Å². The van der Waals surface area contributed by atoms with E-state index in [2.05, 4.69) is 10.6 Å². The van der Waals surface area contributed by atoms with E-state index in [-0.39, 0.29) is 17.8 Å². The second-order valence-electron chi connectivity index (χ2n) is 5.12. The van der Waals surface area contributed by atoms with Crippen molar-refractivity contribution in [2.75, 3.05) is 10.6 Å². The summed E-state index contributed by atoms with van der Waals surface area (Å²) < 4.78 is 5.52. The lowest BCUT2D eigenvalue weighted by Gasteiger charge is -2.25. The largest absolute Gasteiger partial charge is 0.478 e. The summed E-state index contributed by atoms with van der Waals surface area (Å²) in [6, 6.07) is 12.7. The highest BCUT2D eigenvalue weighted by Crippen LogP contribution is 2.30. The van der Waals surface area contributed by atoms with E-state index < -0.39 is 22.8 Å². The Morgan fingerprint density at radius 2 is 1.92 bits per heavy atom. The SMILES string of the molecule is O=C(CC1Oc2ccccc2NC1=O)Nc1ccccc1[N+](=O)[O-]. The van der Waals surface area contributed by atoms with Gasteiger partial charge in [0, 0.05) is 6.07 Å². The number of carbonyl (C=O) groups excluding carboxylic acids is 2. The number of hydrogen-bond donors (Lipinski definition) is 2. The predicted octanol–water partition coefficient (Wildman–Crippen LogP) is 2.32. The molecule has 1 atom stereocenters. The van der Waals surface area contributed by atoms with Gasteiger partial charge in [-0.3, -0.25) is 19.7 Å². The van der Waals surface area contributed by atoms with E-state index in [1.54, 1.807) is 30.3 Å². The minimum absolute atomic E-state index is 0.0733. The summed E-state index contributed by atoms with van der Waals surface area (Å²) in [5.74, 6) is -0.518. The molecule has 0 spiro atoms. The quantitative estimate of drug-likeness (QED) is 0.661. The summed E-state index contributed by atoms with van der Waals surface area (Å²) in [6.45, 7) is 0. The molecule has 0 saturated carbocycles. The van der Waals surface area contributed by atoms with Gasteiger partial charge < -0.3 is 15.4 Å². The summed E-state index contributed by atoms with van der Waals surface area (Å²) in [5.41, 5.74) is 0.396. The number of carbonyl (C=O) groups is 2. The van der Waals surface area contributed by atoms with Crippen LogP contribution in [0, 0.1) is 10.1 Å². The number of hydrogen-bond acceptors (Lipinski definition) is 5. The van der Waals surface area contributed by atoms with Crippen molar-refractivity contribution in [2.24, 2.45) is 0 Å². The number of fused-ring (bicyclic) bond motifs is 1. The maximum atomic E-state index is 12.1. The lowest BCUT2D eigenvalue weighted by Crippen LogP contribution is -2.39. The van der Waals surface area contributed by atoms with Crippen molar-refractivity contribution >= 4 is 28.9 Å². The molecule has 0 radical (unpaired) electrons. The van der Waals surface area contributed by atoms with Crippen LogP contribution in [0.25, 0.3) is 0 Å². The van der Waals surface area contributed by atoms with Crippen LogP contribution in [0.1, 0.15) is 6.42 Å². The van der Waals surface area contributed by atoms with Gasteiger partial charge in [-0.1, -0.05) is 24.3 Å². The number of nitrogens with one attached hydrogen (secondary N) is 2. The topological polar surface area (TPSA) is 111 Å². The molecule has 1 heterocycles. The molecule has 0 aromatic heterocycles. The summed E-state index contributed by atoms with van der Waals surface area (Å²) in [6.07, 6.45) is -1.26. The Morgan fingerprint density at radius 1 is 1.21 bits per heavy atom. The molecular formula is C16H13N3O5. The maximum Gasteiger partial charge on any atom is 0.292 e. The molecule has 8 heteroatoms. The highest BCUT2D eigenvalue weighted by atomic mass is 16.6. The molecule has 0 saturated heterocycles. The van der Waals surface area contributed by atoms with E-state index >= 15 is 0 Å². The number of nitrogens with zero attached hydrogens (tertiary/aromatic N) is 1. The molecule has 2 aromatic carbocycles. The molecule has 3 rings (SSSR count). The van der Waals surface area contributed by atoms with Gasteiger partial charge in [0.05, 0.1) is 17.0 Å². The molecule has 0 bridgehead atoms. The van der Waals surface area contributed by atoms with Gasteiger partial charge in [-0.2, -0.15) is 0 Å². The van der Waals surface area contributed by atoms with E-state index in [0.29, 0.717) is 11.4 Å². The molecule has 2 amide bonds. The summed E-state index contributed by atoms with van der Waals surface area (Å²) in [5, 5.41) is 16.0. The van der Waals surface area contributed by atoms with E-state index in [1.807, 2.05) is 0 Å². The minimum atomic E-state index is -0.998. The Labute approximate surface area is 136 Å². The Morgan fingerprint density at radius 3 is 2.71 bits per heavy atom. The zero-order chi connectivity index (χ0) is 17.1. The first-order valence-electron chi connectivity index (χ1n) is 7.14. The number of rotatable bonds is 4. The third kappa shape index (κ3) is 3.17. The van der Waals surface area contributed by atoms with Gasteiger partial charge in [0.1, 0.15) is 11.4 Å². The van der Waals surface area contributed by atoms with Crippen molar-refractivity contribution in [3.63, 3.8) is 0 Å². The third-order valence-corrected chi connectivity index (χ3v) is 3.45. The number of anilines is 2. The number of nitro groups is 1. The van der Waals surface area contributed by atoms with Crippen molar-refractivity contribution < 1.29 is 19.2 Å². The predicted molar refractivity (Wildman–Crippen MR) is 85.8 cm³/mol. The molecular weight excluding hydrogens is 314 g/mol. The zero-order valence-electron chi connectivity index (χ0n) is 12.4. The molecule has 8 nitrogen and oxygen atoms in total. The van der Waals surface area contributed by atoms with E-state index in [0.717, 1.165) is 0 Å². The summed E-state index contributed by atoms with van der Waals surface area (Å²) in [7, 11) is 0. The van der Waals surface area contributed by atoms with Crippen molar-refractivity contribution in [3.8, 4) is 5.75 Å². The first-order chi connectivity index (χ1) is 11.5. The lowest BCUT2D eigenvalue weighted by atomic mass is 10.1. The first kappa shape index (κ1) is 15.5. The monoisotopic (exact) mass is 327 g/mol. The first-order valence-corrected chi connectivity index (χ1v) is 7.14. The van der Waals surface area contributed by atoms with Crippen LogP contribution in [-0.2, 0) is 9.59 Å². The average molecular weight is 327 g/mol. The zero-order valence-corrected chi connectivity index (χ0v) is 12.4. The van der Waals surface area contributed by atoms with E-state index in [1.165, 1.54) is 18.2 Å². The molecule has 2 N–H and O–H groups in total. The Kier molecular flexibility index (Phi) is 4.11. The fourth-order valence-corrected chi connectivity index (χ4v) is 2.34. The smallest absolute Gasteiger partial charge is 0.292 e. The van der Waals surface area contributed by atoms with Crippen LogP contribution in [0.5, 0.6) is 5.75 Å². The Balaban J connectivity index is 1.70. The van der Waals surface area contributed by atoms with Gasteiger partial charge in [0.25, 0.3) is 11.6 Å². The minimum Gasteiger partial charge on any atom is -0.478 e. The van der Waals surface area contributed by atoms with Gasteiger partial charge >= 0.3 is 0 Å². The van der Waals surface area contributed by atoms with Gasteiger partial charge in [0.2, 0.25) is 5.91 Å². The van der Waals surface area contributed by atoms with Crippen LogP contribution in [0.2, 0.25) is 0 Å². The summed E-state index contributed by atoms with van der Waals surface area (Å²) >= 11 is 0. The van der Waals surface area contributed by atoms with Gasteiger partial charge in [-0.05, 0) is 18.2 Å². The second-order valence-corrected chi connectivity index (χ2v) is 5.12. The third-order valence-electron chi connectivity index (χ3n) is 3.45. The van der Waals surface area contributed by atoms with Gasteiger partial charge in [-0.25, -0.2) is 0 Å². The standard InChI is InChI=1S/C16H13N3O5/c20-15(17-10-5-1-3-7-12(10)19(22)23)9-14-16(21)18-11-6-2-4-8-13(11)24-14/h1-8,14H,9H2,(H,17,20)(H,18,21). The van der Waals surface area contributed by atoms with Crippen LogP contribution in [0.3, 0.4) is 0 Å². The fraction of sp³-hybridized carbons (Fsp3) is 0.125. The Bertz CT molecular complexity index is 821. The Hall–Kier alpha value is -3.42. The number of amides is 2. The highest BCUT2D eigenvalue weighted by Gasteiger charge is 2.30. The molecule has 1 aliphatic heterocycles. The summed E-state index contributed by atoms with van der Waals surface area (Å²) in [4.78, 5) is 34.5. The van der Waals surface area contributed by atoms with Gasteiger partial charge in [0.15, 0.2) is 6.10 Å². The molecule has 122 valence electrons. The maximum absolute atomic E-state index is 12.1. The molecule has 1 aliphatic rings. The van der Waals surface area contributed by atoms with E-state index in [9.17, 15) is 19.7 Å². The van der Waals surface area contributed by atoms with Crippen molar-refractivity contribution in [2.45, 2.75) is 12.5 Å². The number of benzene rings is 2. The van der Waals surface area contributed by atoms with Crippen LogP contribution in [0.4, 0.5) is 17.1 Å². The molecule has 0 aliphatic carbocycles. The highest BCUT2D eigenvalue weighted by molar-refractivity contribution is 6.02. The normalized spacial score (nSPS) is 15.7. The van der Waals surface area contributed by atoms with E-state index in [4.69, 9.17) is 4.74 Å². The van der Waals surface area contributed by atoms with Crippen LogP contribution >= 0.6 is 0 Å².